The predicted molar refractivity (Wildman–Crippen MR) is 59.6 cm³/mol. The zero-order valence-corrected chi connectivity index (χ0v) is 9.70. The molecule has 0 radical (unpaired) electrons. The third-order valence-electron chi connectivity index (χ3n) is 2.75. The van der Waals surface area contributed by atoms with Crippen LogP contribution < -0.4 is 4.90 Å². The highest BCUT2D eigenvalue weighted by molar-refractivity contribution is 5.84. The Balaban J connectivity index is 2.50. The molecular formula is C12H14F3N2+. The fourth-order valence-electron chi connectivity index (χ4n) is 1.86. The van der Waals surface area contributed by atoms with Crippen molar-refractivity contribution in [1.29, 1.82) is 0 Å². The first kappa shape index (κ1) is 12.0. The topological polar surface area (TPSA) is 20.2 Å². The molecule has 2 N–H and O–H groups in total. The lowest BCUT2D eigenvalue weighted by atomic mass is 10.1. The Morgan fingerprint density at radius 3 is 2.53 bits per heavy atom. The van der Waals surface area contributed by atoms with Gasteiger partial charge in [-0.2, -0.15) is 4.39 Å². The van der Waals surface area contributed by atoms with Crippen LogP contribution in [-0.4, -0.2) is 25.6 Å². The molecule has 0 amide bonds. The van der Waals surface area contributed by atoms with Crippen LogP contribution in [0.25, 0.3) is 10.9 Å². The second kappa shape index (κ2) is 4.41. The molecule has 1 aromatic heterocycles. The number of aromatic amines is 1. The maximum atomic E-state index is 13.6. The summed E-state index contributed by atoms with van der Waals surface area (Å²) in [6, 6.07) is 1.91. The number of likely N-dealkylation sites (N-methyl/N-ethyl adjacent to an activating group) is 1. The molecular weight excluding hydrogens is 229 g/mol. The third-order valence-corrected chi connectivity index (χ3v) is 2.75. The highest BCUT2D eigenvalue weighted by Gasteiger charge is 2.16. The fourth-order valence-corrected chi connectivity index (χ4v) is 1.86. The van der Waals surface area contributed by atoms with E-state index < -0.39 is 17.6 Å². The van der Waals surface area contributed by atoms with E-state index in [2.05, 4.69) is 4.98 Å². The number of rotatable bonds is 3. The largest absolute Gasteiger partial charge is 0.340 e. The van der Waals surface area contributed by atoms with Gasteiger partial charge in [-0.05, 0) is 6.07 Å². The highest BCUT2D eigenvalue weighted by atomic mass is 19.1. The van der Waals surface area contributed by atoms with Crippen LogP contribution in [0.4, 0.5) is 13.2 Å². The van der Waals surface area contributed by atoms with Gasteiger partial charge in [-0.1, -0.05) is 0 Å². The van der Waals surface area contributed by atoms with Crippen molar-refractivity contribution in [2.24, 2.45) is 0 Å². The SMILES string of the molecule is C[NH+](C)CCc1c(F)[nH]c2c(F)cc(F)cc12. The van der Waals surface area contributed by atoms with Crippen LogP contribution >= 0.6 is 0 Å². The minimum atomic E-state index is -0.762. The van der Waals surface area contributed by atoms with Crippen molar-refractivity contribution in [2.75, 3.05) is 20.6 Å². The molecule has 1 heterocycles. The summed E-state index contributed by atoms with van der Waals surface area (Å²) in [5.41, 5.74) is 0.382. The first-order chi connectivity index (χ1) is 7.99. The van der Waals surface area contributed by atoms with Gasteiger partial charge >= 0.3 is 0 Å². The molecule has 0 saturated heterocycles. The molecule has 0 atom stereocenters. The van der Waals surface area contributed by atoms with Gasteiger partial charge in [0.05, 0.1) is 26.2 Å². The van der Waals surface area contributed by atoms with Crippen LogP contribution in [-0.2, 0) is 6.42 Å². The van der Waals surface area contributed by atoms with E-state index in [-0.39, 0.29) is 5.52 Å². The summed E-state index contributed by atoms with van der Waals surface area (Å²) in [7, 11) is 3.88. The summed E-state index contributed by atoms with van der Waals surface area (Å²) in [6.45, 7) is 0.696. The van der Waals surface area contributed by atoms with Crippen molar-refractivity contribution >= 4 is 10.9 Å². The second-order valence-electron chi connectivity index (χ2n) is 4.43. The first-order valence-electron chi connectivity index (χ1n) is 5.43. The Morgan fingerprint density at radius 2 is 1.88 bits per heavy atom. The molecule has 0 bridgehead atoms. The van der Waals surface area contributed by atoms with Gasteiger partial charge in [-0.15, -0.1) is 0 Å². The lowest BCUT2D eigenvalue weighted by Crippen LogP contribution is -3.06. The Morgan fingerprint density at radius 1 is 1.18 bits per heavy atom. The third kappa shape index (κ3) is 2.29. The number of benzene rings is 1. The van der Waals surface area contributed by atoms with Crippen molar-refractivity contribution in [3.05, 3.63) is 35.3 Å². The van der Waals surface area contributed by atoms with Crippen LogP contribution in [0.5, 0.6) is 0 Å². The normalized spacial score (nSPS) is 11.6. The van der Waals surface area contributed by atoms with Crippen LogP contribution in [0.3, 0.4) is 0 Å². The molecule has 2 rings (SSSR count). The number of hydrogen-bond donors (Lipinski definition) is 2. The molecule has 0 aliphatic heterocycles. The first-order valence-corrected chi connectivity index (χ1v) is 5.43. The number of H-pyrrole nitrogens is 1. The van der Waals surface area contributed by atoms with Crippen LogP contribution in [0, 0.1) is 17.6 Å². The Hall–Kier alpha value is -1.49. The molecule has 2 aromatic rings. The molecule has 5 heteroatoms. The van der Waals surface area contributed by atoms with Crippen molar-refractivity contribution in [1.82, 2.24) is 4.98 Å². The monoisotopic (exact) mass is 243 g/mol. The lowest BCUT2D eigenvalue weighted by Gasteiger charge is -2.06. The average Bonchev–Trinajstić information content (AvgIpc) is 2.52. The van der Waals surface area contributed by atoms with Gasteiger partial charge in [-0.25, -0.2) is 8.78 Å². The number of fused-ring (bicyclic) bond motifs is 1. The molecule has 0 spiro atoms. The number of nitrogens with one attached hydrogen (secondary N) is 2. The van der Waals surface area contributed by atoms with Gasteiger partial charge in [0.2, 0.25) is 0 Å². The molecule has 0 aliphatic carbocycles. The molecule has 0 saturated carbocycles. The smallest absolute Gasteiger partial charge is 0.195 e. The van der Waals surface area contributed by atoms with Gasteiger partial charge < -0.3 is 9.88 Å². The highest BCUT2D eigenvalue weighted by Crippen LogP contribution is 2.25. The second-order valence-corrected chi connectivity index (χ2v) is 4.43. The van der Waals surface area contributed by atoms with Crippen LogP contribution in [0.2, 0.25) is 0 Å². The van der Waals surface area contributed by atoms with E-state index in [1.807, 2.05) is 14.1 Å². The Labute approximate surface area is 97.0 Å². The molecule has 1 aromatic carbocycles. The summed E-state index contributed by atoms with van der Waals surface area (Å²) in [6.07, 6.45) is 0.442. The molecule has 0 aliphatic rings. The average molecular weight is 243 g/mol. The van der Waals surface area contributed by atoms with E-state index in [1.54, 1.807) is 0 Å². The van der Waals surface area contributed by atoms with Gasteiger partial charge in [0, 0.05) is 23.4 Å². The molecule has 92 valence electrons. The van der Waals surface area contributed by atoms with Gasteiger partial charge in [-0.3, -0.25) is 0 Å². The maximum absolute atomic E-state index is 13.6. The molecule has 17 heavy (non-hydrogen) atoms. The Bertz CT molecular complexity index is 546. The summed E-state index contributed by atoms with van der Waals surface area (Å²) in [5, 5.41) is 0.293. The molecule has 2 nitrogen and oxygen atoms in total. The standard InChI is InChI=1S/C12H13F3N2/c1-17(2)4-3-8-9-5-7(13)6-10(14)11(9)16-12(8)15/h5-6,16H,3-4H2,1-2H3/p+1. The van der Waals surface area contributed by atoms with Crippen molar-refractivity contribution in [2.45, 2.75) is 6.42 Å². The minimum absolute atomic E-state index is 0.0349. The summed E-state index contributed by atoms with van der Waals surface area (Å²) in [5.74, 6) is -2.03. The Kier molecular flexibility index (Phi) is 3.11. The number of hydrogen-bond acceptors (Lipinski definition) is 0. The number of aromatic nitrogens is 1. The van der Waals surface area contributed by atoms with Crippen LogP contribution in [0.15, 0.2) is 12.1 Å². The van der Waals surface area contributed by atoms with E-state index >= 15 is 0 Å². The van der Waals surface area contributed by atoms with Crippen LogP contribution in [0.1, 0.15) is 5.56 Å². The summed E-state index contributed by atoms with van der Waals surface area (Å²) >= 11 is 0. The van der Waals surface area contributed by atoms with E-state index in [1.165, 1.54) is 6.07 Å². The van der Waals surface area contributed by atoms with Crippen molar-refractivity contribution in [3.8, 4) is 0 Å². The quantitative estimate of drug-likeness (QED) is 0.810. The number of quaternary nitrogens is 1. The van der Waals surface area contributed by atoms with Crippen molar-refractivity contribution < 1.29 is 18.1 Å². The predicted octanol–water partition coefficient (Wildman–Crippen LogP) is 1.27. The fraction of sp³-hybridized carbons (Fsp3) is 0.333. The summed E-state index contributed by atoms with van der Waals surface area (Å²) in [4.78, 5) is 3.48. The van der Waals surface area contributed by atoms with Gasteiger partial charge in [0.25, 0.3) is 0 Å². The zero-order chi connectivity index (χ0) is 12.6. The van der Waals surface area contributed by atoms with E-state index in [0.29, 0.717) is 23.9 Å². The van der Waals surface area contributed by atoms with Crippen molar-refractivity contribution in [3.63, 3.8) is 0 Å². The molecule has 0 fully saturated rings. The molecule has 0 unspecified atom stereocenters. The maximum Gasteiger partial charge on any atom is 0.195 e. The minimum Gasteiger partial charge on any atom is -0.340 e. The summed E-state index contributed by atoms with van der Waals surface area (Å²) < 4.78 is 40.1. The van der Waals surface area contributed by atoms with E-state index in [4.69, 9.17) is 0 Å². The number of halogens is 3. The van der Waals surface area contributed by atoms with Gasteiger partial charge in [0.1, 0.15) is 11.6 Å². The lowest BCUT2D eigenvalue weighted by molar-refractivity contribution is -0.858. The van der Waals surface area contributed by atoms with Gasteiger partial charge in [0.15, 0.2) is 5.95 Å². The van der Waals surface area contributed by atoms with E-state index in [0.717, 1.165) is 11.0 Å². The van der Waals surface area contributed by atoms with E-state index in [9.17, 15) is 13.2 Å². The zero-order valence-electron chi connectivity index (χ0n) is 9.70.